The number of methoxy groups -OCH3 is 3. The molecule has 7 heteroatoms. The summed E-state index contributed by atoms with van der Waals surface area (Å²) >= 11 is 0. The average Bonchev–Trinajstić information content (AvgIpc) is 2.65. The average molecular weight is 343 g/mol. The van der Waals surface area contributed by atoms with Gasteiger partial charge in [-0.15, -0.1) is 0 Å². The van der Waals surface area contributed by atoms with Gasteiger partial charge in [0.15, 0.2) is 23.0 Å². The van der Waals surface area contributed by atoms with E-state index in [4.69, 9.17) is 18.9 Å². The van der Waals surface area contributed by atoms with Crippen molar-refractivity contribution in [3.8, 4) is 23.0 Å². The molecule has 7 nitrogen and oxygen atoms in total. The summed E-state index contributed by atoms with van der Waals surface area (Å²) in [5.74, 6) is 1.99. The molecule has 2 aromatic rings. The number of benzene rings is 2. The predicted molar refractivity (Wildman–Crippen MR) is 90.9 cm³/mol. The van der Waals surface area contributed by atoms with E-state index in [1.807, 2.05) is 0 Å². The van der Waals surface area contributed by atoms with Crippen LogP contribution < -0.4 is 18.9 Å². The second kappa shape index (κ2) is 6.72. The summed E-state index contributed by atoms with van der Waals surface area (Å²) in [6, 6.07) is 10.3. The smallest absolute Gasteiger partial charge is 0.291 e. The summed E-state index contributed by atoms with van der Waals surface area (Å²) in [4.78, 5) is 11.1. The minimum absolute atomic E-state index is 0.0621. The minimum Gasteiger partial charge on any atom is -0.493 e. The summed E-state index contributed by atoms with van der Waals surface area (Å²) in [6.07, 6.45) is 0.613. The lowest BCUT2D eigenvalue weighted by molar-refractivity contribution is -0.434. The molecule has 0 radical (unpaired) electrons. The Kier molecular flexibility index (Phi) is 4.47. The zero-order chi connectivity index (χ0) is 18.0. The topological polar surface area (TPSA) is 80.1 Å². The minimum atomic E-state index is -0.890. The molecule has 1 heterocycles. The first kappa shape index (κ1) is 16.6. The number of rotatable bonds is 5. The van der Waals surface area contributed by atoms with Crippen molar-refractivity contribution in [1.29, 1.82) is 0 Å². The molecule has 0 aliphatic carbocycles. The highest BCUT2D eigenvalue weighted by atomic mass is 16.6. The predicted octanol–water partition coefficient (Wildman–Crippen LogP) is 3.46. The fraction of sp³-hybridized carbons (Fsp3) is 0.222. The van der Waals surface area contributed by atoms with Crippen molar-refractivity contribution < 1.29 is 23.9 Å². The van der Waals surface area contributed by atoms with E-state index in [1.165, 1.54) is 27.4 Å². The van der Waals surface area contributed by atoms with Gasteiger partial charge in [-0.3, -0.25) is 10.1 Å². The van der Waals surface area contributed by atoms with E-state index >= 15 is 0 Å². The third-order valence-electron chi connectivity index (χ3n) is 3.96. The van der Waals surface area contributed by atoms with Gasteiger partial charge in [-0.1, -0.05) is 18.2 Å². The summed E-state index contributed by atoms with van der Waals surface area (Å²) in [5.41, 5.74) is 1.12. The molecular weight excluding hydrogens is 326 g/mol. The lowest BCUT2D eigenvalue weighted by atomic mass is 10.0. The molecule has 25 heavy (non-hydrogen) atoms. The Labute approximate surface area is 144 Å². The summed E-state index contributed by atoms with van der Waals surface area (Å²) in [7, 11) is 4.56. The number of nitro groups is 1. The van der Waals surface area contributed by atoms with Crippen molar-refractivity contribution in [2.45, 2.75) is 6.10 Å². The van der Waals surface area contributed by atoms with Gasteiger partial charge in [0.2, 0.25) is 6.10 Å². The van der Waals surface area contributed by atoms with Crippen molar-refractivity contribution in [3.05, 3.63) is 63.3 Å². The van der Waals surface area contributed by atoms with Gasteiger partial charge in [0, 0.05) is 17.2 Å². The Hall–Kier alpha value is -3.22. The lowest BCUT2D eigenvalue weighted by Gasteiger charge is -2.24. The van der Waals surface area contributed by atoms with E-state index in [0.29, 0.717) is 34.1 Å². The van der Waals surface area contributed by atoms with E-state index in [9.17, 15) is 10.1 Å². The number of hydrogen-bond acceptors (Lipinski definition) is 6. The molecule has 1 atom stereocenters. The summed E-state index contributed by atoms with van der Waals surface area (Å²) in [6.45, 7) is 0. The van der Waals surface area contributed by atoms with Crippen molar-refractivity contribution in [1.82, 2.24) is 0 Å². The Morgan fingerprint density at radius 1 is 1.00 bits per heavy atom. The fourth-order valence-electron chi connectivity index (χ4n) is 2.75. The Morgan fingerprint density at radius 2 is 1.72 bits per heavy atom. The molecule has 0 unspecified atom stereocenters. The molecule has 0 fully saturated rings. The van der Waals surface area contributed by atoms with Gasteiger partial charge in [-0.05, 0) is 18.2 Å². The third kappa shape index (κ3) is 2.96. The Bertz CT molecular complexity index is 845. The molecule has 0 saturated carbocycles. The molecule has 0 aromatic heterocycles. The first-order chi connectivity index (χ1) is 12.1. The maximum Gasteiger partial charge on any atom is 0.291 e. The molecule has 0 bridgehead atoms. The molecule has 1 aliphatic rings. The molecule has 2 aromatic carbocycles. The number of fused-ring (bicyclic) bond motifs is 1. The summed E-state index contributed by atoms with van der Waals surface area (Å²) < 4.78 is 21.8. The van der Waals surface area contributed by atoms with Crippen LogP contribution in [0.3, 0.4) is 0 Å². The number of nitrogens with zero attached hydrogens (tertiary/aromatic N) is 1. The van der Waals surface area contributed by atoms with Gasteiger partial charge in [0.1, 0.15) is 0 Å². The number of hydrogen-bond donors (Lipinski definition) is 0. The van der Waals surface area contributed by atoms with Gasteiger partial charge in [0.05, 0.1) is 26.3 Å². The molecule has 0 amide bonds. The van der Waals surface area contributed by atoms with Crippen LogP contribution in [0.2, 0.25) is 0 Å². The van der Waals surface area contributed by atoms with Crippen LogP contribution in [0.1, 0.15) is 17.2 Å². The largest absolute Gasteiger partial charge is 0.493 e. The van der Waals surface area contributed by atoms with Crippen LogP contribution in [-0.2, 0) is 0 Å². The van der Waals surface area contributed by atoms with Gasteiger partial charge < -0.3 is 18.9 Å². The van der Waals surface area contributed by atoms with Crippen molar-refractivity contribution in [2.24, 2.45) is 0 Å². The molecule has 3 rings (SSSR count). The molecule has 0 spiro atoms. The standard InChI is InChI=1S/C18H17NO6/c1-22-14-8-7-12(10-16(14)24-3)17-13(19(20)21)9-11-5-4-6-15(23-2)18(11)25-17/h4-10,17H,1-3H3/t17-/m0/s1. The van der Waals surface area contributed by atoms with Crippen LogP contribution in [0.15, 0.2) is 42.1 Å². The van der Waals surface area contributed by atoms with Crippen molar-refractivity contribution in [3.63, 3.8) is 0 Å². The maximum absolute atomic E-state index is 11.6. The van der Waals surface area contributed by atoms with Gasteiger partial charge in [0.25, 0.3) is 5.70 Å². The normalized spacial score (nSPS) is 15.5. The lowest BCUT2D eigenvalue weighted by Crippen LogP contribution is -2.20. The van der Waals surface area contributed by atoms with E-state index in [1.54, 1.807) is 36.4 Å². The molecule has 0 saturated heterocycles. The second-order valence-electron chi connectivity index (χ2n) is 5.32. The number of para-hydroxylation sites is 1. The van der Waals surface area contributed by atoms with Crippen LogP contribution in [0, 0.1) is 10.1 Å². The van der Waals surface area contributed by atoms with Gasteiger partial charge in [-0.25, -0.2) is 0 Å². The maximum atomic E-state index is 11.6. The highest BCUT2D eigenvalue weighted by molar-refractivity contribution is 5.66. The zero-order valence-electron chi connectivity index (χ0n) is 14.0. The van der Waals surface area contributed by atoms with Crippen LogP contribution in [0.5, 0.6) is 23.0 Å². The molecule has 130 valence electrons. The van der Waals surface area contributed by atoms with Gasteiger partial charge >= 0.3 is 0 Å². The monoisotopic (exact) mass is 343 g/mol. The van der Waals surface area contributed by atoms with Crippen molar-refractivity contribution in [2.75, 3.05) is 21.3 Å². The fourth-order valence-corrected chi connectivity index (χ4v) is 2.75. The van der Waals surface area contributed by atoms with Crippen LogP contribution in [-0.4, -0.2) is 26.3 Å². The Morgan fingerprint density at radius 3 is 2.36 bits per heavy atom. The quantitative estimate of drug-likeness (QED) is 0.611. The highest BCUT2D eigenvalue weighted by Gasteiger charge is 2.35. The Balaban J connectivity index is 2.11. The van der Waals surface area contributed by atoms with E-state index in [-0.39, 0.29) is 5.70 Å². The zero-order valence-corrected chi connectivity index (χ0v) is 14.0. The highest BCUT2D eigenvalue weighted by Crippen LogP contribution is 2.43. The van der Waals surface area contributed by atoms with E-state index in [2.05, 4.69) is 0 Å². The van der Waals surface area contributed by atoms with E-state index < -0.39 is 11.0 Å². The third-order valence-corrected chi connectivity index (χ3v) is 3.96. The van der Waals surface area contributed by atoms with Crippen LogP contribution in [0.25, 0.3) is 6.08 Å². The molecule has 0 N–H and O–H groups in total. The second-order valence-corrected chi connectivity index (χ2v) is 5.32. The van der Waals surface area contributed by atoms with Crippen LogP contribution >= 0.6 is 0 Å². The summed E-state index contributed by atoms with van der Waals surface area (Å²) in [5, 5.41) is 11.6. The van der Waals surface area contributed by atoms with E-state index in [0.717, 1.165) is 0 Å². The molecule has 1 aliphatic heterocycles. The first-order valence-corrected chi connectivity index (χ1v) is 7.50. The number of ether oxygens (including phenoxy) is 4. The van der Waals surface area contributed by atoms with Crippen molar-refractivity contribution >= 4 is 6.08 Å². The molecular formula is C18H17NO6. The van der Waals surface area contributed by atoms with Crippen LogP contribution in [0.4, 0.5) is 0 Å². The first-order valence-electron chi connectivity index (χ1n) is 7.50. The SMILES string of the molecule is COc1ccc([C@@H]2Oc3c(cccc3OC)C=C2[N+](=O)[O-])cc1OC. The van der Waals surface area contributed by atoms with Gasteiger partial charge in [-0.2, -0.15) is 0 Å².